The molecule has 0 radical (unpaired) electrons. The molecule has 15 heavy (non-hydrogen) atoms. The minimum Gasteiger partial charge on any atom is -0.469 e. The lowest BCUT2D eigenvalue weighted by Gasteiger charge is -2.16. The number of nitrogens with zero attached hydrogens (tertiary/aromatic N) is 1. The number of esters is 1. The van der Waals surface area contributed by atoms with Gasteiger partial charge in [0.1, 0.15) is 0 Å². The van der Waals surface area contributed by atoms with Gasteiger partial charge in [-0.25, -0.2) is 0 Å². The van der Waals surface area contributed by atoms with Crippen LogP contribution in [0.15, 0.2) is 0 Å². The molecule has 0 aromatic carbocycles. The van der Waals surface area contributed by atoms with Crippen molar-refractivity contribution in [1.29, 1.82) is 0 Å². The van der Waals surface area contributed by atoms with E-state index < -0.39 is 0 Å². The zero-order valence-corrected chi connectivity index (χ0v) is 9.23. The van der Waals surface area contributed by atoms with E-state index in [2.05, 4.69) is 4.74 Å². The van der Waals surface area contributed by atoms with Crippen LogP contribution in [0.4, 0.5) is 0 Å². The van der Waals surface area contributed by atoms with Crippen molar-refractivity contribution in [3.8, 4) is 0 Å². The van der Waals surface area contributed by atoms with Gasteiger partial charge in [-0.3, -0.25) is 9.59 Å². The van der Waals surface area contributed by atoms with E-state index in [1.807, 2.05) is 7.05 Å². The molecule has 0 heterocycles. The maximum Gasteiger partial charge on any atom is 0.309 e. The van der Waals surface area contributed by atoms with Gasteiger partial charge in [0.2, 0.25) is 5.91 Å². The molecule has 1 amide bonds. The number of methoxy groups -OCH3 is 1. The normalized spacial score (nSPS) is 28.4. The summed E-state index contributed by atoms with van der Waals surface area (Å²) in [6.07, 6.45) is 3.14. The van der Waals surface area contributed by atoms with Crippen LogP contribution in [0, 0.1) is 17.8 Å². The smallest absolute Gasteiger partial charge is 0.309 e. The highest BCUT2D eigenvalue weighted by Gasteiger charge is 2.50. The molecule has 0 N–H and O–H groups in total. The second-order valence-corrected chi connectivity index (χ2v) is 4.63. The van der Waals surface area contributed by atoms with Crippen molar-refractivity contribution in [1.82, 2.24) is 4.90 Å². The maximum atomic E-state index is 11.8. The quantitative estimate of drug-likeness (QED) is 0.642. The molecule has 0 saturated heterocycles. The fourth-order valence-corrected chi connectivity index (χ4v) is 1.94. The lowest BCUT2D eigenvalue weighted by atomic mass is 10.2. The van der Waals surface area contributed by atoms with E-state index in [1.165, 1.54) is 20.0 Å². The average Bonchev–Trinajstić information content (AvgIpc) is 3.08. The van der Waals surface area contributed by atoms with Crippen LogP contribution in [-0.2, 0) is 14.3 Å². The molecule has 4 nitrogen and oxygen atoms in total. The van der Waals surface area contributed by atoms with Gasteiger partial charge in [0.25, 0.3) is 0 Å². The van der Waals surface area contributed by atoms with Gasteiger partial charge in [0.15, 0.2) is 0 Å². The molecule has 2 aliphatic rings. The minimum atomic E-state index is -0.242. The van der Waals surface area contributed by atoms with Gasteiger partial charge >= 0.3 is 5.97 Å². The predicted octanol–water partition coefficient (Wildman–Crippen LogP) is 0.664. The summed E-state index contributed by atoms with van der Waals surface area (Å²) < 4.78 is 4.62. The van der Waals surface area contributed by atoms with Crippen LogP contribution < -0.4 is 0 Å². The number of hydrogen-bond acceptors (Lipinski definition) is 3. The van der Waals surface area contributed by atoms with Crippen molar-refractivity contribution in [3.63, 3.8) is 0 Å². The zero-order valence-electron chi connectivity index (χ0n) is 9.23. The van der Waals surface area contributed by atoms with Gasteiger partial charge in [-0.1, -0.05) is 0 Å². The lowest BCUT2D eigenvalue weighted by Crippen LogP contribution is -2.31. The van der Waals surface area contributed by atoms with Gasteiger partial charge in [0.05, 0.1) is 18.9 Å². The largest absolute Gasteiger partial charge is 0.469 e. The molecule has 2 fully saturated rings. The van der Waals surface area contributed by atoms with Crippen LogP contribution in [0.3, 0.4) is 0 Å². The summed E-state index contributed by atoms with van der Waals surface area (Å²) in [6.45, 7) is 0.850. The monoisotopic (exact) mass is 211 g/mol. The van der Waals surface area contributed by atoms with Crippen molar-refractivity contribution in [2.75, 3.05) is 20.7 Å². The van der Waals surface area contributed by atoms with E-state index >= 15 is 0 Å². The van der Waals surface area contributed by atoms with Gasteiger partial charge in [-0.05, 0) is 25.2 Å². The molecule has 2 aliphatic carbocycles. The second-order valence-electron chi connectivity index (χ2n) is 4.63. The Kier molecular flexibility index (Phi) is 2.67. The number of hydrogen-bond donors (Lipinski definition) is 0. The maximum absolute atomic E-state index is 11.8. The standard InChI is InChI=1S/C11H17NO3/c1-12(6-7-3-4-7)10(13)8-5-9(8)11(14)15-2/h7-9H,3-6H2,1-2H3. The first kappa shape index (κ1) is 10.5. The predicted molar refractivity (Wildman–Crippen MR) is 54.0 cm³/mol. The molecular formula is C11H17NO3. The molecular weight excluding hydrogens is 194 g/mol. The van der Waals surface area contributed by atoms with Gasteiger partial charge in [0, 0.05) is 13.6 Å². The summed E-state index contributed by atoms with van der Waals surface area (Å²) in [5.41, 5.74) is 0. The Hall–Kier alpha value is -1.06. The van der Waals surface area contributed by atoms with E-state index in [0.717, 1.165) is 6.54 Å². The molecule has 2 atom stereocenters. The Balaban J connectivity index is 1.79. The Morgan fingerprint density at radius 3 is 2.53 bits per heavy atom. The number of ether oxygens (including phenoxy) is 1. The molecule has 84 valence electrons. The fourth-order valence-electron chi connectivity index (χ4n) is 1.94. The van der Waals surface area contributed by atoms with Crippen molar-refractivity contribution < 1.29 is 14.3 Å². The fraction of sp³-hybridized carbons (Fsp3) is 0.818. The third kappa shape index (κ3) is 2.30. The summed E-state index contributed by atoms with van der Waals surface area (Å²) in [4.78, 5) is 24.7. The third-order valence-corrected chi connectivity index (χ3v) is 3.22. The van der Waals surface area contributed by atoms with E-state index in [4.69, 9.17) is 0 Å². The first-order valence-electron chi connectivity index (χ1n) is 5.46. The lowest BCUT2D eigenvalue weighted by molar-refractivity contribution is -0.144. The van der Waals surface area contributed by atoms with Gasteiger partial charge in [-0.2, -0.15) is 0 Å². The summed E-state index contributed by atoms with van der Waals surface area (Å²) in [5, 5.41) is 0. The molecule has 0 aliphatic heterocycles. The molecule has 0 spiro atoms. The van der Waals surface area contributed by atoms with Crippen molar-refractivity contribution in [2.24, 2.45) is 17.8 Å². The van der Waals surface area contributed by atoms with Crippen molar-refractivity contribution in [3.05, 3.63) is 0 Å². The average molecular weight is 211 g/mol. The number of amides is 1. The number of rotatable bonds is 4. The molecule has 2 rings (SSSR count). The third-order valence-electron chi connectivity index (χ3n) is 3.22. The van der Waals surface area contributed by atoms with E-state index in [-0.39, 0.29) is 23.7 Å². The van der Waals surface area contributed by atoms with E-state index in [0.29, 0.717) is 12.3 Å². The molecule has 4 heteroatoms. The Labute approximate surface area is 89.6 Å². The van der Waals surface area contributed by atoms with Crippen molar-refractivity contribution in [2.45, 2.75) is 19.3 Å². The minimum absolute atomic E-state index is 0.109. The summed E-state index contributed by atoms with van der Waals surface area (Å²) in [6, 6.07) is 0. The summed E-state index contributed by atoms with van der Waals surface area (Å²) in [7, 11) is 3.20. The molecule has 0 aromatic heterocycles. The van der Waals surface area contributed by atoms with E-state index in [1.54, 1.807) is 4.90 Å². The SMILES string of the molecule is COC(=O)C1CC1C(=O)N(C)CC1CC1. The highest BCUT2D eigenvalue weighted by molar-refractivity contribution is 5.90. The van der Waals surface area contributed by atoms with Crippen LogP contribution in [0.5, 0.6) is 0 Å². The highest BCUT2D eigenvalue weighted by Crippen LogP contribution is 2.41. The number of carbonyl (C=O) groups is 2. The van der Waals surface area contributed by atoms with Crippen LogP contribution in [0.25, 0.3) is 0 Å². The molecule has 0 aromatic rings. The van der Waals surface area contributed by atoms with Crippen LogP contribution in [0.2, 0.25) is 0 Å². The van der Waals surface area contributed by atoms with Crippen LogP contribution >= 0.6 is 0 Å². The first-order chi connectivity index (χ1) is 7.13. The Morgan fingerprint density at radius 2 is 2.00 bits per heavy atom. The molecule has 0 bridgehead atoms. The van der Waals surface area contributed by atoms with Gasteiger partial charge in [-0.15, -0.1) is 0 Å². The highest BCUT2D eigenvalue weighted by atomic mass is 16.5. The summed E-state index contributed by atoms with van der Waals surface area (Å²) >= 11 is 0. The zero-order chi connectivity index (χ0) is 11.0. The Bertz CT molecular complexity index is 286. The molecule has 2 saturated carbocycles. The summed E-state index contributed by atoms with van der Waals surface area (Å²) in [5.74, 6) is 0.283. The van der Waals surface area contributed by atoms with Gasteiger partial charge < -0.3 is 9.64 Å². The topological polar surface area (TPSA) is 46.6 Å². The Morgan fingerprint density at radius 1 is 1.33 bits per heavy atom. The van der Waals surface area contributed by atoms with Crippen LogP contribution in [-0.4, -0.2) is 37.5 Å². The van der Waals surface area contributed by atoms with E-state index in [9.17, 15) is 9.59 Å². The number of carbonyl (C=O) groups excluding carboxylic acids is 2. The second kappa shape index (κ2) is 3.83. The van der Waals surface area contributed by atoms with Crippen LogP contribution in [0.1, 0.15) is 19.3 Å². The first-order valence-corrected chi connectivity index (χ1v) is 5.46. The van der Waals surface area contributed by atoms with Crippen molar-refractivity contribution >= 4 is 11.9 Å². The molecule has 2 unspecified atom stereocenters.